The highest BCUT2D eigenvalue weighted by Gasteiger charge is 2.25. The zero-order valence-electron chi connectivity index (χ0n) is 12.9. The van der Waals surface area contributed by atoms with E-state index in [-0.39, 0.29) is 0 Å². The third-order valence-corrected chi connectivity index (χ3v) is 5.10. The summed E-state index contributed by atoms with van der Waals surface area (Å²) in [4.78, 5) is 9.72. The molecule has 1 aromatic rings. The van der Waals surface area contributed by atoms with Crippen LogP contribution in [0, 0.1) is 5.92 Å². The Bertz CT molecular complexity index is 458. The lowest BCUT2D eigenvalue weighted by Crippen LogP contribution is -2.19. The summed E-state index contributed by atoms with van der Waals surface area (Å²) < 4.78 is 0. The molecule has 0 bridgehead atoms. The number of hydrogen-bond donors (Lipinski definition) is 1. The Balaban J connectivity index is 1.86. The van der Waals surface area contributed by atoms with Crippen LogP contribution in [0.4, 0.5) is 0 Å². The molecule has 1 saturated carbocycles. The number of nitrogens with one attached hydrogen (secondary N) is 1. The van der Waals surface area contributed by atoms with E-state index in [1.807, 2.05) is 0 Å². The summed E-state index contributed by atoms with van der Waals surface area (Å²) in [5.74, 6) is 2.55. The molecule has 1 fully saturated rings. The smallest absolute Gasteiger partial charge is 0.131 e. The molecule has 3 rings (SSSR count). The molecule has 3 unspecified atom stereocenters. The Morgan fingerprint density at radius 1 is 1.15 bits per heavy atom. The monoisotopic (exact) mass is 273 g/mol. The second-order valence-corrected chi connectivity index (χ2v) is 6.69. The van der Waals surface area contributed by atoms with E-state index >= 15 is 0 Å². The third kappa shape index (κ3) is 2.88. The first kappa shape index (κ1) is 14.0. The van der Waals surface area contributed by atoms with Crippen molar-refractivity contribution in [3.05, 3.63) is 23.3 Å². The van der Waals surface area contributed by atoms with Gasteiger partial charge in [0.05, 0.1) is 0 Å². The molecule has 0 spiro atoms. The van der Waals surface area contributed by atoms with Gasteiger partial charge in [-0.2, -0.15) is 0 Å². The van der Waals surface area contributed by atoms with E-state index in [1.165, 1.54) is 56.2 Å². The number of nitrogens with zero attached hydrogens (tertiary/aromatic N) is 2. The van der Waals surface area contributed by atoms with Crippen molar-refractivity contribution in [1.29, 1.82) is 0 Å². The molecule has 1 heterocycles. The summed E-state index contributed by atoms with van der Waals surface area (Å²) in [7, 11) is 2.05. The van der Waals surface area contributed by atoms with Crippen molar-refractivity contribution < 1.29 is 0 Å². The Kier molecular flexibility index (Phi) is 4.35. The van der Waals surface area contributed by atoms with Crippen molar-refractivity contribution in [2.75, 3.05) is 7.05 Å². The van der Waals surface area contributed by atoms with Gasteiger partial charge in [-0.3, -0.25) is 0 Å². The van der Waals surface area contributed by atoms with E-state index in [9.17, 15) is 0 Å². The summed E-state index contributed by atoms with van der Waals surface area (Å²) in [5, 5.41) is 3.43. The normalized spacial score (nSPS) is 30.6. The van der Waals surface area contributed by atoms with Crippen LogP contribution in [0.1, 0.15) is 80.9 Å². The topological polar surface area (TPSA) is 37.8 Å². The average Bonchev–Trinajstić information content (AvgIpc) is 2.68. The molecule has 1 N–H and O–H groups in total. The Morgan fingerprint density at radius 2 is 2.05 bits per heavy atom. The zero-order valence-corrected chi connectivity index (χ0v) is 12.9. The Labute approximate surface area is 122 Å². The molecule has 0 radical (unpaired) electrons. The molecular formula is C17H27N3. The van der Waals surface area contributed by atoms with E-state index in [0.29, 0.717) is 12.0 Å². The number of aryl methyl sites for hydroxylation is 1. The highest BCUT2D eigenvalue weighted by molar-refractivity contribution is 5.24. The lowest BCUT2D eigenvalue weighted by atomic mass is 9.82. The summed E-state index contributed by atoms with van der Waals surface area (Å²) >= 11 is 0. The van der Waals surface area contributed by atoms with Gasteiger partial charge in [0.1, 0.15) is 5.82 Å². The van der Waals surface area contributed by atoms with Gasteiger partial charge in [-0.25, -0.2) is 9.97 Å². The SMILES string of the molecule is CNC1CCCCc2nc(C3CCCC(C)C3)ncc21. The first-order valence-electron chi connectivity index (χ1n) is 8.31. The van der Waals surface area contributed by atoms with Crippen LogP contribution in [0.5, 0.6) is 0 Å². The number of hydrogen-bond acceptors (Lipinski definition) is 3. The van der Waals surface area contributed by atoms with Crippen molar-refractivity contribution in [1.82, 2.24) is 15.3 Å². The summed E-state index contributed by atoms with van der Waals surface area (Å²) in [6.45, 7) is 2.37. The summed E-state index contributed by atoms with van der Waals surface area (Å²) in [6.07, 6.45) is 12.3. The second kappa shape index (κ2) is 6.21. The molecule has 2 aliphatic rings. The van der Waals surface area contributed by atoms with Crippen molar-refractivity contribution in [3.63, 3.8) is 0 Å². The predicted molar refractivity (Wildman–Crippen MR) is 81.8 cm³/mol. The van der Waals surface area contributed by atoms with Gasteiger partial charge in [-0.15, -0.1) is 0 Å². The quantitative estimate of drug-likeness (QED) is 0.834. The van der Waals surface area contributed by atoms with E-state index in [0.717, 1.165) is 18.2 Å². The summed E-state index contributed by atoms with van der Waals surface area (Å²) in [5.41, 5.74) is 2.66. The van der Waals surface area contributed by atoms with Crippen LogP contribution >= 0.6 is 0 Å². The molecule has 0 aromatic carbocycles. The first-order valence-corrected chi connectivity index (χ1v) is 8.31. The van der Waals surface area contributed by atoms with Gasteiger partial charge in [0.25, 0.3) is 0 Å². The van der Waals surface area contributed by atoms with Crippen LogP contribution in [-0.2, 0) is 6.42 Å². The van der Waals surface area contributed by atoms with Gasteiger partial charge in [0.2, 0.25) is 0 Å². The number of aromatic nitrogens is 2. The Morgan fingerprint density at radius 3 is 2.85 bits per heavy atom. The highest BCUT2D eigenvalue weighted by Crippen LogP contribution is 2.35. The van der Waals surface area contributed by atoms with E-state index in [4.69, 9.17) is 9.97 Å². The highest BCUT2D eigenvalue weighted by atomic mass is 14.9. The van der Waals surface area contributed by atoms with Crippen LogP contribution in [0.25, 0.3) is 0 Å². The van der Waals surface area contributed by atoms with Gasteiger partial charge in [-0.05, 0) is 45.1 Å². The maximum Gasteiger partial charge on any atom is 0.131 e. The van der Waals surface area contributed by atoms with Crippen LogP contribution in [0.3, 0.4) is 0 Å². The minimum absolute atomic E-state index is 0.451. The molecule has 3 nitrogen and oxygen atoms in total. The molecule has 0 aliphatic heterocycles. The molecule has 0 saturated heterocycles. The van der Waals surface area contributed by atoms with Crippen LogP contribution in [-0.4, -0.2) is 17.0 Å². The number of fused-ring (bicyclic) bond motifs is 1. The van der Waals surface area contributed by atoms with Crippen LogP contribution in [0.2, 0.25) is 0 Å². The lowest BCUT2D eigenvalue weighted by Gasteiger charge is -2.26. The van der Waals surface area contributed by atoms with E-state index in [2.05, 4.69) is 25.5 Å². The molecule has 3 atom stereocenters. The molecular weight excluding hydrogens is 246 g/mol. The fourth-order valence-electron chi connectivity index (χ4n) is 3.89. The molecule has 20 heavy (non-hydrogen) atoms. The molecule has 0 amide bonds. The van der Waals surface area contributed by atoms with Crippen LogP contribution in [0.15, 0.2) is 6.20 Å². The standard InChI is InChI=1S/C17H27N3/c1-12-6-5-7-13(10-12)17-19-11-14-15(18-2)8-3-4-9-16(14)20-17/h11-13,15,18H,3-10H2,1-2H3. The van der Waals surface area contributed by atoms with E-state index in [1.54, 1.807) is 0 Å². The maximum atomic E-state index is 4.98. The largest absolute Gasteiger partial charge is 0.313 e. The lowest BCUT2D eigenvalue weighted by molar-refractivity contribution is 0.334. The van der Waals surface area contributed by atoms with Gasteiger partial charge in [-0.1, -0.05) is 26.2 Å². The number of rotatable bonds is 2. The minimum Gasteiger partial charge on any atom is -0.313 e. The van der Waals surface area contributed by atoms with Crippen molar-refractivity contribution >= 4 is 0 Å². The van der Waals surface area contributed by atoms with Crippen molar-refractivity contribution in [2.45, 2.75) is 70.3 Å². The first-order chi connectivity index (χ1) is 9.78. The maximum absolute atomic E-state index is 4.98. The third-order valence-electron chi connectivity index (χ3n) is 5.10. The predicted octanol–water partition coefficient (Wildman–Crippen LogP) is 3.76. The molecule has 2 aliphatic carbocycles. The van der Waals surface area contributed by atoms with Gasteiger partial charge in [0.15, 0.2) is 0 Å². The zero-order chi connectivity index (χ0) is 13.9. The molecule has 1 aromatic heterocycles. The second-order valence-electron chi connectivity index (χ2n) is 6.69. The molecule has 3 heteroatoms. The minimum atomic E-state index is 0.451. The van der Waals surface area contributed by atoms with E-state index < -0.39 is 0 Å². The van der Waals surface area contributed by atoms with Crippen molar-refractivity contribution in [2.24, 2.45) is 5.92 Å². The van der Waals surface area contributed by atoms with Gasteiger partial charge >= 0.3 is 0 Å². The van der Waals surface area contributed by atoms with Gasteiger partial charge < -0.3 is 5.32 Å². The van der Waals surface area contributed by atoms with Gasteiger partial charge in [0, 0.05) is 29.4 Å². The Hall–Kier alpha value is -0.960. The van der Waals surface area contributed by atoms with Crippen molar-refractivity contribution in [3.8, 4) is 0 Å². The molecule has 110 valence electrons. The fraction of sp³-hybridized carbons (Fsp3) is 0.765. The summed E-state index contributed by atoms with van der Waals surface area (Å²) in [6, 6.07) is 0.451. The average molecular weight is 273 g/mol. The van der Waals surface area contributed by atoms with Crippen LogP contribution < -0.4 is 5.32 Å². The fourth-order valence-corrected chi connectivity index (χ4v) is 3.89.